The minimum absolute atomic E-state index is 0.0955. The fourth-order valence-corrected chi connectivity index (χ4v) is 3.63. The fourth-order valence-electron chi connectivity index (χ4n) is 2.82. The molecule has 138 valence electrons. The minimum atomic E-state index is -3.41. The molecule has 0 unspecified atom stereocenters. The van der Waals surface area contributed by atoms with Crippen molar-refractivity contribution >= 4 is 33.0 Å². The van der Waals surface area contributed by atoms with Crippen LogP contribution < -0.4 is 5.32 Å². The van der Waals surface area contributed by atoms with Crippen molar-refractivity contribution in [3.05, 3.63) is 95.0 Å². The number of sulfone groups is 1. The van der Waals surface area contributed by atoms with Crippen molar-refractivity contribution in [2.24, 2.45) is 0 Å². The molecule has 0 aliphatic rings. The first kappa shape index (κ1) is 19.1. The highest BCUT2D eigenvalue weighted by Gasteiger charge is 2.23. The Hall–Kier alpha value is -2.63. The minimum Gasteiger partial charge on any atom is -0.324 e. The maximum absolute atomic E-state index is 13.1. The molecule has 4 nitrogen and oxygen atoms in total. The van der Waals surface area contributed by atoms with Crippen molar-refractivity contribution in [2.75, 3.05) is 11.6 Å². The van der Waals surface area contributed by atoms with Gasteiger partial charge in [0, 0.05) is 6.26 Å². The Bertz CT molecular complexity index is 1010. The predicted octanol–water partition coefficient (Wildman–Crippen LogP) is 4.51. The van der Waals surface area contributed by atoms with Gasteiger partial charge in [0.1, 0.15) is 0 Å². The molecule has 0 fully saturated rings. The topological polar surface area (TPSA) is 63.2 Å². The molecule has 3 aromatic carbocycles. The summed E-state index contributed by atoms with van der Waals surface area (Å²) in [7, 11) is -3.41. The molecule has 0 radical (unpaired) electrons. The lowest BCUT2D eigenvalue weighted by molar-refractivity contribution is -0.116. The van der Waals surface area contributed by atoms with Gasteiger partial charge in [-0.2, -0.15) is 0 Å². The molecular formula is C21H18ClNO3S. The highest BCUT2D eigenvalue weighted by atomic mass is 35.5. The molecule has 3 aromatic rings. The van der Waals surface area contributed by atoms with E-state index in [1.807, 2.05) is 60.7 Å². The van der Waals surface area contributed by atoms with Crippen LogP contribution in [-0.4, -0.2) is 20.6 Å². The predicted molar refractivity (Wildman–Crippen MR) is 108 cm³/mol. The van der Waals surface area contributed by atoms with Gasteiger partial charge in [0.05, 0.1) is 21.5 Å². The molecule has 0 bridgehead atoms. The maximum Gasteiger partial charge on any atom is 0.236 e. The second-order valence-electron chi connectivity index (χ2n) is 6.16. The SMILES string of the molecule is CS(=O)(=O)c1ccc(Cl)c(NC(=O)C(c2ccccc2)c2ccccc2)c1. The number of anilines is 1. The smallest absolute Gasteiger partial charge is 0.236 e. The monoisotopic (exact) mass is 399 g/mol. The molecule has 0 saturated carbocycles. The third-order valence-corrected chi connectivity index (χ3v) is 5.59. The van der Waals surface area contributed by atoms with Gasteiger partial charge in [0.25, 0.3) is 0 Å². The lowest BCUT2D eigenvalue weighted by atomic mass is 9.90. The molecule has 1 amide bonds. The van der Waals surface area contributed by atoms with Crippen LogP contribution in [0.15, 0.2) is 83.8 Å². The number of carbonyl (C=O) groups is 1. The summed E-state index contributed by atoms with van der Waals surface area (Å²) in [6, 6.07) is 23.0. The van der Waals surface area contributed by atoms with Crippen LogP contribution in [0.3, 0.4) is 0 Å². The zero-order valence-corrected chi connectivity index (χ0v) is 16.2. The number of benzene rings is 3. The van der Waals surface area contributed by atoms with E-state index in [-0.39, 0.29) is 21.5 Å². The summed E-state index contributed by atoms with van der Waals surface area (Å²) < 4.78 is 23.6. The Balaban J connectivity index is 1.99. The molecule has 0 aliphatic heterocycles. The molecule has 0 saturated heterocycles. The molecule has 0 heterocycles. The average Bonchev–Trinajstić information content (AvgIpc) is 2.64. The number of hydrogen-bond donors (Lipinski definition) is 1. The van der Waals surface area contributed by atoms with Crippen molar-refractivity contribution in [3.8, 4) is 0 Å². The van der Waals surface area contributed by atoms with Crippen LogP contribution in [0.5, 0.6) is 0 Å². The van der Waals surface area contributed by atoms with Crippen LogP contribution in [0, 0.1) is 0 Å². The third-order valence-electron chi connectivity index (χ3n) is 4.15. The summed E-state index contributed by atoms with van der Waals surface area (Å²) >= 11 is 6.18. The van der Waals surface area contributed by atoms with Crippen molar-refractivity contribution in [2.45, 2.75) is 10.8 Å². The molecule has 0 aromatic heterocycles. The normalized spacial score (nSPS) is 11.4. The quantitative estimate of drug-likeness (QED) is 0.686. The number of nitrogens with one attached hydrogen (secondary N) is 1. The second-order valence-corrected chi connectivity index (χ2v) is 8.58. The molecule has 0 atom stereocenters. The summed E-state index contributed by atoms with van der Waals surface area (Å²) in [5, 5.41) is 3.06. The van der Waals surface area contributed by atoms with E-state index >= 15 is 0 Å². The second kappa shape index (κ2) is 7.94. The molecule has 3 rings (SSSR count). The Morgan fingerprint density at radius 3 is 1.89 bits per heavy atom. The number of carbonyl (C=O) groups excluding carboxylic acids is 1. The summed E-state index contributed by atoms with van der Waals surface area (Å²) in [6.07, 6.45) is 1.11. The van der Waals surface area contributed by atoms with Gasteiger partial charge in [-0.05, 0) is 29.3 Å². The van der Waals surface area contributed by atoms with Gasteiger partial charge in [-0.3, -0.25) is 4.79 Å². The first-order valence-electron chi connectivity index (χ1n) is 8.26. The molecular weight excluding hydrogens is 382 g/mol. The van der Waals surface area contributed by atoms with Crippen molar-refractivity contribution in [1.82, 2.24) is 0 Å². The first-order chi connectivity index (χ1) is 12.9. The highest BCUT2D eigenvalue weighted by molar-refractivity contribution is 7.90. The molecule has 6 heteroatoms. The molecule has 1 N–H and O–H groups in total. The van der Waals surface area contributed by atoms with E-state index in [1.54, 1.807) is 0 Å². The summed E-state index contributed by atoms with van der Waals surface area (Å²) in [6.45, 7) is 0. The van der Waals surface area contributed by atoms with Gasteiger partial charge in [0.15, 0.2) is 9.84 Å². The van der Waals surface area contributed by atoms with Crippen molar-refractivity contribution < 1.29 is 13.2 Å². The Kier molecular flexibility index (Phi) is 5.63. The Labute approximate surface area is 163 Å². The fraction of sp³-hybridized carbons (Fsp3) is 0.0952. The van der Waals surface area contributed by atoms with Gasteiger partial charge in [-0.15, -0.1) is 0 Å². The highest BCUT2D eigenvalue weighted by Crippen LogP contribution is 2.30. The zero-order valence-electron chi connectivity index (χ0n) is 14.6. The average molecular weight is 400 g/mol. The largest absolute Gasteiger partial charge is 0.324 e. The third kappa shape index (κ3) is 4.56. The first-order valence-corrected chi connectivity index (χ1v) is 10.5. The van der Waals surface area contributed by atoms with E-state index < -0.39 is 15.8 Å². The maximum atomic E-state index is 13.1. The number of halogens is 1. The van der Waals surface area contributed by atoms with Gasteiger partial charge in [-0.1, -0.05) is 72.3 Å². The summed E-state index contributed by atoms with van der Waals surface area (Å²) in [5.74, 6) is -0.842. The van der Waals surface area contributed by atoms with Crippen molar-refractivity contribution in [1.29, 1.82) is 0 Å². The van der Waals surface area contributed by atoms with Gasteiger partial charge < -0.3 is 5.32 Å². The molecule has 27 heavy (non-hydrogen) atoms. The Morgan fingerprint density at radius 2 is 1.41 bits per heavy atom. The van der Waals surface area contributed by atoms with E-state index in [2.05, 4.69) is 5.32 Å². The molecule has 0 spiro atoms. The van der Waals surface area contributed by atoms with E-state index in [9.17, 15) is 13.2 Å². The number of hydrogen-bond acceptors (Lipinski definition) is 3. The number of rotatable bonds is 5. The zero-order chi connectivity index (χ0) is 19.4. The van der Waals surface area contributed by atoms with E-state index in [0.29, 0.717) is 0 Å². The number of amides is 1. The van der Waals surface area contributed by atoms with Crippen LogP contribution in [0.2, 0.25) is 5.02 Å². The standard InChI is InChI=1S/C21H18ClNO3S/c1-27(25,26)17-12-13-18(22)19(14-17)23-21(24)20(15-8-4-2-5-9-15)16-10-6-3-7-11-16/h2-14,20H,1H3,(H,23,24). The summed E-state index contributed by atoms with van der Waals surface area (Å²) in [4.78, 5) is 13.2. The van der Waals surface area contributed by atoms with E-state index in [1.165, 1.54) is 18.2 Å². The van der Waals surface area contributed by atoms with Crippen LogP contribution in [0.25, 0.3) is 0 Å². The van der Waals surface area contributed by atoms with E-state index in [4.69, 9.17) is 11.6 Å². The van der Waals surface area contributed by atoms with Crippen LogP contribution in [0.4, 0.5) is 5.69 Å². The Morgan fingerprint density at radius 1 is 0.889 bits per heavy atom. The molecule has 0 aliphatic carbocycles. The van der Waals surface area contributed by atoms with Gasteiger partial charge >= 0.3 is 0 Å². The summed E-state index contributed by atoms with van der Waals surface area (Å²) in [5.41, 5.74) is 1.93. The van der Waals surface area contributed by atoms with Gasteiger partial charge in [0.2, 0.25) is 5.91 Å². The van der Waals surface area contributed by atoms with Crippen LogP contribution >= 0.6 is 11.6 Å². The lowest BCUT2D eigenvalue weighted by Gasteiger charge is -2.18. The van der Waals surface area contributed by atoms with Crippen LogP contribution in [-0.2, 0) is 14.6 Å². The van der Waals surface area contributed by atoms with Gasteiger partial charge in [-0.25, -0.2) is 8.42 Å². The van der Waals surface area contributed by atoms with Crippen LogP contribution in [0.1, 0.15) is 17.0 Å². The van der Waals surface area contributed by atoms with Crippen molar-refractivity contribution in [3.63, 3.8) is 0 Å². The van der Waals surface area contributed by atoms with E-state index in [0.717, 1.165) is 17.4 Å². The lowest BCUT2D eigenvalue weighted by Crippen LogP contribution is -2.22.